The van der Waals surface area contributed by atoms with Crippen LogP contribution in [0, 0.1) is 5.41 Å². The molecule has 282 valence electrons. The summed E-state index contributed by atoms with van der Waals surface area (Å²) in [6.45, 7) is 15.1. The summed E-state index contributed by atoms with van der Waals surface area (Å²) in [6, 6.07) is 11.4. The van der Waals surface area contributed by atoms with Gasteiger partial charge in [0.2, 0.25) is 0 Å². The first-order chi connectivity index (χ1) is 22.9. The molecule has 50 heavy (non-hydrogen) atoms. The third kappa shape index (κ3) is 20.7. The summed E-state index contributed by atoms with van der Waals surface area (Å²) in [4.78, 5) is 39.7. The third-order valence-corrected chi connectivity index (χ3v) is 7.86. The van der Waals surface area contributed by atoms with E-state index in [1.54, 1.807) is 6.07 Å². The highest BCUT2D eigenvalue weighted by molar-refractivity contribution is 5.76. The Kier molecular flexibility index (Phi) is 19.8. The van der Waals surface area contributed by atoms with Gasteiger partial charge in [-0.2, -0.15) is 13.2 Å². The topological polar surface area (TPSA) is 184 Å². The Bertz CT molecular complexity index is 1340. The molecule has 0 spiro atoms. The molecular weight excluding hydrogens is 653 g/mol. The molecule has 9 N–H and O–H groups in total. The normalized spacial score (nSPS) is 13.7. The number of carbonyl (C=O) groups is 4. The molecule has 0 amide bonds. The van der Waals surface area contributed by atoms with Gasteiger partial charge in [-0.25, -0.2) is 0 Å². The molecule has 0 fully saturated rings. The molecule has 1 atom stereocenters. The maximum absolute atomic E-state index is 12.7. The van der Waals surface area contributed by atoms with Crippen LogP contribution in [-0.4, -0.2) is 39.0 Å². The molecule has 12 heteroatoms. The van der Waals surface area contributed by atoms with Crippen molar-refractivity contribution < 1.29 is 59.1 Å². The van der Waals surface area contributed by atoms with Gasteiger partial charge in [0.15, 0.2) is 0 Å². The van der Waals surface area contributed by atoms with E-state index in [4.69, 9.17) is 15.3 Å². The zero-order chi connectivity index (χ0) is 38.9. The van der Waals surface area contributed by atoms with Crippen molar-refractivity contribution in [2.24, 2.45) is 5.41 Å². The number of carbonyl (C=O) groups excluding carboxylic acids is 1. The summed E-state index contributed by atoms with van der Waals surface area (Å²) in [6.07, 6.45) is 0.728. The number of benzene rings is 2. The number of rotatable bonds is 11. The van der Waals surface area contributed by atoms with Crippen molar-refractivity contribution in [1.29, 1.82) is 0 Å². The lowest BCUT2D eigenvalue weighted by Crippen LogP contribution is -2.52. The summed E-state index contributed by atoms with van der Waals surface area (Å²) in [7, 11) is 0. The van der Waals surface area contributed by atoms with Crippen LogP contribution < -0.4 is 11.5 Å². The smallest absolute Gasteiger partial charge is 0.416 e. The van der Waals surface area contributed by atoms with E-state index in [0.717, 1.165) is 23.6 Å². The minimum absolute atomic E-state index is 0.0521. The molecule has 0 aliphatic heterocycles. The average Bonchev–Trinajstić information content (AvgIpc) is 3.35. The van der Waals surface area contributed by atoms with Crippen molar-refractivity contribution in [3.8, 4) is 0 Å². The summed E-state index contributed by atoms with van der Waals surface area (Å²) in [5.41, 5.74) is 13.9. The first-order valence-corrected chi connectivity index (χ1v) is 17.0. The Balaban J connectivity index is 0.000000671. The first-order valence-electron chi connectivity index (χ1n) is 17.0. The number of alkyl halides is 3. The summed E-state index contributed by atoms with van der Waals surface area (Å²) < 4.78 is 38.0. The van der Waals surface area contributed by atoms with Gasteiger partial charge in [-0.3, -0.25) is 14.4 Å². The van der Waals surface area contributed by atoms with E-state index < -0.39 is 29.6 Å². The number of hydrogen-bond donors (Lipinski definition) is 5. The van der Waals surface area contributed by atoms with Gasteiger partial charge < -0.3 is 31.6 Å². The fourth-order valence-corrected chi connectivity index (χ4v) is 4.84. The molecule has 0 bridgehead atoms. The van der Waals surface area contributed by atoms with Gasteiger partial charge >= 0.3 is 24.1 Å². The zero-order valence-electron chi connectivity index (χ0n) is 30.8. The SMILES string of the molecule is CC(=O)CCCC(=O)O.CC(C)(C)CCc1cc(C(F)(F)F)ccc1C[NH3+].CC(C)(C)c1ccc2c(c1)CCC2[NH3+].O=C(O)CCCC(=O)O. The standard InChI is InChI=1S/C14H20F3N.C13H19N.C6H10O3.C5H8O4/c1-13(2,3)7-6-10-8-12(14(15,16)17)5-4-11(10)9-18;1-13(2,3)10-5-6-11-9(8-10)4-7-12(11)14;1-5(7)3-2-4-6(8)9;6-4(7)2-1-3-5(8)9/h4-5,8H,6-7,9,18H2,1-3H3;5-6,8,12H,4,7,14H2,1-3H3;2-4H2,1H3,(H,8,9);1-3H2,(H,6,7)(H,8,9)/p+2. The van der Waals surface area contributed by atoms with Crippen molar-refractivity contribution >= 4 is 23.7 Å². The fourth-order valence-electron chi connectivity index (χ4n) is 4.84. The van der Waals surface area contributed by atoms with E-state index in [2.05, 4.69) is 71.2 Å². The van der Waals surface area contributed by atoms with E-state index in [-0.39, 0.29) is 42.3 Å². The molecule has 0 aromatic heterocycles. The number of quaternary nitrogens is 2. The number of aliphatic carboxylic acids is 3. The number of halogens is 3. The number of aryl methyl sites for hydroxylation is 2. The van der Waals surface area contributed by atoms with Crippen molar-refractivity contribution in [1.82, 2.24) is 0 Å². The predicted molar refractivity (Wildman–Crippen MR) is 186 cm³/mol. The number of fused-ring (bicyclic) bond motifs is 1. The molecule has 1 aliphatic carbocycles. The highest BCUT2D eigenvalue weighted by atomic mass is 19.4. The van der Waals surface area contributed by atoms with Crippen LogP contribution in [0.3, 0.4) is 0 Å². The van der Waals surface area contributed by atoms with Crippen molar-refractivity contribution in [2.75, 3.05) is 0 Å². The van der Waals surface area contributed by atoms with Crippen molar-refractivity contribution in [3.63, 3.8) is 0 Å². The van der Waals surface area contributed by atoms with E-state index >= 15 is 0 Å². The van der Waals surface area contributed by atoms with Crippen LogP contribution in [0.25, 0.3) is 0 Å². The van der Waals surface area contributed by atoms with Crippen LogP contribution in [0.2, 0.25) is 0 Å². The molecule has 0 radical (unpaired) electrons. The van der Waals surface area contributed by atoms with Crippen LogP contribution in [0.15, 0.2) is 36.4 Å². The van der Waals surface area contributed by atoms with Gasteiger partial charge in [-0.1, -0.05) is 65.8 Å². The van der Waals surface area contributed by atoms with E-state index in [1.807, 2.05) is 0 Å². The van der Waals surface area contributed by atoms with Gasteiger partial charge in [-0.15, -0.1) is 0 Å². The Labute approximate surface area is 294 Å². The number of carboxylic acids is 3. The van der Waals surface area contributed by atoms with Crippen LogP contribution in [-0.2, 0) is 50.2 Å². The minimum atomic E-state index is -4.27. The Hall–Kier alpha value is -3.77. The molecule has 0 saturated carbocycles. The van der Waals surface area contributed by atoms with Crippen LogP contribution >= 0.6 is 0 Å². The number of hydrogen-bond acceptors (Lipinski definition) is 4. The molecule has 2 aromatic carbocycles. The predicted octanol–water partition coefficient (Wildman–Crippen LogP) is 6.80. The Morgan fingerprint density at radius 2 is 1.26 bits per heavy atom. The highest BCUT2D eigenvalue weighted by Gasteiger charge is 2.31. The molecule has 0 heterocycles. The van der Waals surface area contributed by atoms with Gasteiger partial charge in [0.05, 0.1) is 12.1 Å². The second-order valence-corrected chi connectivity index (χ2v) is 14.8. The molecular formula is C38H59F3N2O7+2. The monoisotopic (exact) mass is 712 g/mol. The number of Topliss-reactive ketones (excluding diaryl/α,β-unsaturated/α-hetero) is 1. The molecule has 1 aliphatic rings. The highest BCUT2D eigenvalue weighted by Crippen LogP contribution is 2.33. The van der Waals surface area contributed by atoms with Crippen LogP contribution in [0.5, 0.6) is 0 Å². The number of carboxylic acid groups (broad SMARTS) is 3. The lowest BCUT2D eigenvalue weighted by atomic mass is 9.85. The van der Waals surface area contributed by atoms with Crippen LogP contribution in [0.1, 0.15) is 139 Å². The molecule has 9 nitrogen and oxygen atoms in total. The van der Waals surface area contributed by atoms with E-state index in [1.165, 1.54) is 42.5 Å². The number of ketones is 1. The fraction of sp³-hybridized carbons (Fsp3) is 0.579. The van der Waals surface area contributed by atoms with E-state index in [9.17, 15) is 32.3 Å². The first kappa shape index (κ1) is 46.2. The largest absolute Gasteiger partial charge is 0.481 e. The minimum Gasteiger partial charge on any atom is -0.481 e. The lowest BCUT2D eigenvalue weighted by molar-refractivity contribution is -0.425. The quantitative estimate of drug-likeness (QED) is 0.170. The van der Waals surface area contributed by atoms with Crippen molar-refractivity contribution in [3.05, 3.63) is 69.8 Å². The average molecular weight is 713 g/mol. The maximum atomic E-state index is 12.7. The van der Waals surface area contributed by atoms with Gasteiger partial charge in [0.1, 0.15) is 11.8 Å². The zero-order valence-corrected chi connectivity index (χ0v) is 30.8. The lowest BCUT2D eigenvalue weighted by Gasteiger charge is -2.20. The Morgan fingerprint density at radius 1 is 0.760 bits per heavy atom. The summed E-state index contributed by atoms with van der Waals surface area (Å²) >= 11 is 0. The third-order valence-electron chi connectivity index (χ3n) is 7.86. The molecule has 2 aromatic rings. The van der Waals surface area contributed by atoms with Gasteiger partial charge in [-0.05, 0) is 78.7 Å². The second-order valence-electron chi connectivity index (χ2n) is 14.8. The molecule has 0 saturated heterocycles. The molecule has 3 rings (SSSR count). The second kappa shape index (κ2) is 21.4. The van der Waals surface area contributed by atoms with Crippen molar-refractivity contribution in [2.45, 2.75) is 137 Å². The maximum Gasteiger partial charge on any atom is 0.416 e. The van der Waals surface area contributed by atoms with Gasteiger partial charge in [0, 0.05) is 43.2 Å². The summed E-state index contributed by atoms with van der Waals surface area (Å²) in [5, 5.41) is 24.2. The van der Waals surface area contributed by atoms with E-state index in [0.29, 0.717) is 31.8 Å². The van der Waals surface area contributed by atoms with Gasteiger partial charge in [0.25, 0.3) is 0 Å². The molecule has 1 unspecified atom stereocenters. The van der Waals surface area contributed by atoms with Crippen LogP contribution in [0.4, 0.5) is 13.2 Å². The summed E-state index contributed by atoms with van der Waals surface area (Å²) in [5.74, 6) is -2.68. The Morgan fingerprint density at radius 3 is 1.68 bits per heavy atom.